The minimum Gasteiger partial charge on any atom is -0.266 e. The first-order valence-corrected chi connectivity index (χ1v) is 7.89. The lowest BCUT2D eigenvalue weighted by atomic mass is 10.0. The lowest BCUT2D eigenvalue weighted by molar-refractivity contribution is 0.476. The molecule has 2 N–H and O–H groups in total. The molecule has 5 nitrogen and oxygen atoms in total. The molecule has 0 aromatic carbocycles. The highest BCUT2D eigenvalue weighted by molar-refractivity contribution is 7.99. The van der Waals surface area contributed by atoms with Crippen LogP contribution in [-0.4, -0.2) is 36.7 Å². The molecule has 0 bridgehead atoms. The fraction of sp³-hybridized carbons (Fsp3) is 0.667. The fourth-order valence-electron chi connectivity index (χ4n) is 1.65. The molecule has 0 unspecified atom stereocenters. The summed E-state index contributed by atoms with van der Waals surface area (Å²) in [4.78, 5) is 0. The normalized spacial score (nSPS) is 18.8. The number of aromatic nitrogens is 2. The van der Waals surface area contributed by atoms with E-state index in [1.165, 1.54) is 12.3 Å². The van der Waals surface area contributed by atoms with Crippen LogP contribution >= 0.6 is 11.8 Å². The molecule has 90 valence electrons. The van der Waals surface area contributed by atoms with Crippen molar-refractivity contribution in [3.63, 3.8) is 0 Å². The van der Waals surface area contributed by atoms with Gasteiger partial charge in [-0.05, 0) is 36.3 Å². The zero-order chi connectivity index (χ0) is 11.4. The molecule has 1 fully saturated rings. The molecule has 0 atom stereocenters. The molecule has 1 aliphatic heterocycles. The van der Waals surface area contributed by atoms with Crippen LogP contribution in [0.15, 0.2) is 17.3 Å². The van der Waals surface area contributed by atoms with Crippen LogP contribution in [-0.2, 0) is 10.0 Å². The molecule has 0 aliphatic carbocycles. The quantitative estimate of drug-likeness (QED) is 0.842. The molecule has 1 saturated heterocycles. The molecule has 0 spiro atoms. The summed E-state index contributed by atoms with van der Waals surface area (Å²) in [6.07, 6.45) is 3.62. The standard InChI is InChI=1S/C9H15N3O2S2/c13-16(14,9-1-4-10-12-9)11-7-8-2-5-15-6-3-8/h1,4,8,11H,2-3,5-7H2,(H,10,12). The smallest absolute Gasteiger partial charge is 0.257 e. The molecule has 7 heteroatoms. The van der Waals surface area contributed by atoms with E-state index in [4.69, 9.17) is 0 Å². The maximum Gasteiger partial charge on any atom is 0.257 e. The Labute approximate surface area is 99.4 Å². The molecular weight excluding hydrogens is 246 g/mol. The van der Waals surface area contributed by atoms with E-state index < -0.39 is 10.0 Å². The van der Waals surface area contributed by atoms with Crippen LogP contribution in [0.3, 0.4) is 0 Å². The van der Waals surface area contributed by atoms with Crippen molar-refractivity contribution >= 4 is 21.8 Å². The van der Waals surface area contributed by atoms with Gasteiger partial charge in [-0.2, -0.15) is 16.9 Å². The number of nitrogens with zero attached hydrogens (tertiary/aromatic N) is 1. The number of aromatic amines is 1. The van der Waals surface area contributed by atoms with Gasteiger partial charge in [0.2, 0.25) is 0 Å². The predicted octanol–water partition coefficient (Wildman–Crippen LogP) is 0.831. The highest BCUT2D eigenvalue weighted by atomic mass is 32.2. The van der Waals surface area contributed by atoms with Gasteiger partial charge in [-0.25, -0.2) is 13.1 Å². The van der Waals surface area contributed by atoms with E-state index in [2.05, 4.69) is 14.9 Å². The van der Waals surface area contributed by atoms with E-state index in [1.807, 2.05) is 11.8 Å². The minimum atomic E-state index is -3.39. The topological polar surface area (TPSA) is 74.8 Å². The average molecular weight is 261 g/mol. The molecule has 0 radical (unpaired) electrons. The number of hydrogen-bond acceptors (Lipinski definition) is 4. The van der Waals surface area contributed by atoms with Crippen molar-refractivity contribution in [3.05, 3.63) is 12.3 Å². The van der Waals surface area contributed by atoms with Gasteiger partial charge >= 0.3 is 0 Å². The molecule has 16 heavy (non-hydrogen) atoms. The van der Waals surface area contributed by atoms with Gasteiger partial charge in [-0.3, -0.25) is 5.10 Å². The summed E-state index contributed by atoms with van der Waals surface area (Å²) in [6.45, 7) is 0.530. The Bertz CT molecular complexity index is 410. The van der Waals surface area contributed by atoms with Gasteiger partial charge in [0.25, 0.3) is 10.0 Å². The third-order valence-electron chi connectivity index (χ3n) is 2.67. The molecule has 2 heterocycles. The zero-order valence-electron chi connectivity index (χ0n) is 8.85. The summed E-state index contributed by atoms with van der Waals surface area (Å²) in [5.74, 6) is 2.74. The lowest BCUT2D eigenvalue weighted by Crippen LogP contribution is -2.31. The minimum absolute atomic E-state index is 0.137. The summed E-state index contributed by atoms with van der Waals surface area (Å²) in [5.41, 5.74) is 0. The monoisotopic (exact) mass is 261 g/mol. The number of nitrogens with one attached hydrogen (secondary N) is 2. The number of H-pyrrole nitrogens is 1. The first-order chi connectivity index (χ1) is 7.68. The summed E-state index contributed by atoms with van der Waals surface area (Å²) in [7, 11) is -3.39. The Morgan fingerprint density at radius 3 is 2.88 bits per heavy atom. The van der Waals surface area contributed by atoms with Crippen molar-refractivity contribution in [1.29, 1.82) is 0 Å². The van der Waals surface area contributed by atoms with Crippen LogP contribution < -0.4 is 4.72 Å². The maximum absolute atomic E-state index is 11.7. The number of sulfonamides is 1. The first kappa shape index (κ1) is 11.9. The number of thioether (sulfide) groups is 1. The number of rotatable bonds is 4. The Kier molecular flexibility index (Phi) is 3.88. The molecule has 2 rings (SSSR count). The first-order valence-electron chi connectivity index (χ1n) is 5.25. The third-order valence-corrected chi connectivity index (χ3v) is 5.07. The summed E-state index contributed by atoms with van der Waals surface area (Å²) < 4.78 is 26.1. The Balaban J connectivity index is 1.89. The average Bonchev–Trinajstić information content (AvgIpc) is 2.82. The van der Waals surface area contributed by atoms with Crippen molar-refractivity contribution in [2.24, 2.45) is 5.92 Å². The van der Waals surface area contributed by atoms with Crippen molar-refractivity contribution in [3.8, 4) is 0 Å². The largest absolute Gasteiger partial charge is 0.266 e. The van der Waals surface area contributed by atoms with Crippen LogP contribution in [0.4, 0.5) is 0 Å². The van der Waals surface area contributed by atoms with E-state index >= 15 is 0 Å². The van der Waals surface area contributed by atoms with Gasteiger partial charge in [-0.15, -0.1) is 0 Å². The van der Waals surface area contributed by atoms with Crippen LogP contribution in [0.5, 0.6) is 0 Å². The molecule has 0 amide bonds. The SMILES string of the molecule is O=S(=O)(NCC1CCSCC1)c1ccn[nH]1. The fourth-order valence-corrected chi connectivity index (χ4v) is 3.88. The summed E-state index contributed by atoms with van der Waals surface area (Å²) >= 11 is 1.94. The Morgan fingerprint density at radius 1 is 1.50 bits per heavy atom. The van der Waals surface area contributed by atoms with E-state index in [0.29, 0.717) is 12.5 Å². The predicted molar refractivity (Wildman–Crippen MR) is 63.8 cm³/mol. The molecule has 1 aliphatic rings. The molecule has 1 aromatic rings. The van der Waals surface area contributed by atoms with Gasteiger partial charge in [0.05, 0.1) is 6.20 Å². The second-order valence-electron chi connectivity index (χ2n) is 3.83. The summed E-state index contributed by atoms with van der Waals surface area (Å²) in [5, 5.41) is 6.23. The summed E-state index contributed by atoms with van der Waals surface area (Å²) in [6, 6.07) is 1.46. The second-order valence-corrected chi connectivity index (χ2v) is 6.79. The maximum atomic E-state index is 11.7. The van der Waals surface area contributed by atoms with Gasteiger partial charge < -0.3 is 0 Å². The highest BCUT2D eigenvalue weighted by Gasteiger charge is 2.19. The molecular formula is C9H15N3O2S2. The van der Waals surface area contributed by atoms with Crippen LogP contribution in [0.2, 0.25) is 0 Å². The van der Waals surface area contributed by atoms with Gasteiger partial charge in [0, 0.05) is 6.54 Å². The van der Waals surface area contributed by atoms with Crippen molar-refractivity contribution in [2.75, 3.05) is 18.1 Å². The van der Waals surface area contributed by atoms with Crippen molar-refractivity contribution in [1.82, 2.24) is 14.9 Å². The van der Waals surface area contributed by atoms with Gasteiger partial charge in [-0.1, -0.05) is 0 Å². The van der Waals surface area contributed by atoms with Crippen LogP contribution in [0.25, 0.3) is 0 Å². The van der Waals surface area contributed by atoms with Crippen LogP contribution in [0.1, 0.15) is 12.8 Å². The third kappa shape index (κ3) is 2.99. The van der Waals surface area contributed by atoms with E-state index in [0.717, 1.165) is 24.3 Å². The Hall–Kier alpha value is -0.530. The van der Waals surface area contributed by atoms with Crippen LogP contribution in [0, 0.1) is 5.92 Å². The second kappa shape index (κ2) is 5.20. The lowest BCUT2D eigenvalue weighted by Gasteiger charge is -2.21. The highest BCUT2D eigenvalue weighted by Crippen LogP contribution is 2.22. The van der Waals surface area contributed by atoms with Gasteiger partial charge in [0.1, 0.15) is 0 Å². The van der Waals surface area contributed by atoms with E-state index in [1.54, 1.807) is 0 Å². The number of hydrogen-bond donors (Lipinski definition) is 2. The molecule has 1 aromatic heterocycles. The van der Waals surface area contributed by atoms with E-state index in [-0.39, 0.29) is 5.03 Å². The molecule has 0 saturated carbocycles. The van der Waals surface area contributed by atoms with Crippen molar-refractivity contribution in [2.45, 2.75) is 17.9 Å². The van der Waals surface area contributed by atoms with Gasteiger partial charge in [0.15, 0.2) is 5.03 Å². The van der Waals surface area contributed by atoms with E-state index in [9.17, 15) is 8.42 Å². The van der Waals surface area contributed by atoms with Crippen molar-refractivity contribution < 1.29 is 8.42 Å². The Morgan fingerprint density at radius 2 is 2.25 bits per heavy atom. The zero-order valence-corrected chi connectivity index (χ0v) is 10.5.